The van der Waals surface area contributed by atoms with E-state index in [0.29, 0.717) is 12.1 Å². The maximum atomic E-state index is 11.7. The molecule has 2 heterocycles. The third kappa shape index (κ3) is 7.48. The molecular formula is C23H36IN5O3. The predicted molar refractivity (Wildman–Crippen MR) is 136 cm³/mol. The Morgan fingerprint density at radius 1 is 1.16 bits per heavy atom. The lowest BCUT2D eigenvalue weighted by Gasteiger charge is -2.32. The highest BCUT2D eigenvalue weighted by Gasteiger charge is 2.30. The molecule has 3 fully saturated rings. The Bertz CT molecular complexity index is 751. The summed E-state index contributed by atoms with van der Waals surface area (Å²) < 4.78 is 11.1. The van der Waals surface area contributed by atoms with Gasteiger partial charge in [0, 0.05) is 51.9 Å². The molecule has 1 saturated carbocycles. The predicted octanol–water partition coefficient (Wildman–Crippen LogP) is 1.49. The highest BCUT2D eigenvalue weighted by molar-refractivity contribution is 14.0. The summed E-state index contributed by atoms with van der Waals surface area (Å²) in [7, 11) is 1.86. The number of hydrogen-bond acceptors (Lipinski definition) is 5. The molecule has 1 aromatic carbocycles. The summed E-state index contributed by atoms with van der Waals surface area (Å²) in [5.41, 5.74) is 1.23. The van der Waals surface area contributed by atoms with Crippen LogP contribution in [0.25, 0.3) is 0 Å². The van der Waals surface area contributed by atoms with E-state index in [1.54, 1.807) is 0 Å². The molecule has 1 atom stereocenters. The molecule has 0 radical (unpaired) electrons. The molecule has 0 bridgehead atoms. The minimum Gasteiger partial charge on any atom is -0.484 e. The van der Waals surface area contributed by atoms with Gasteiger partial charge in [0.1, 0.15) is 5.75 Å². The summed E-state index contributed by atoms with van der Waals surface area (Å²) >= 11 is 0. The molecule has 9 heteroatoms. The molecule has 2 aliphatic heterocycles. The van der Waals surface area contributed by atoms with Crippen molar-refractivity contribution in [2.75, 3.05) is 59.6 Å². The quantitative estimate of drug-likeness (QED) is 0.287. The number of guanidine groups is 1. The molecule has 8 nitrogen and oxygen atoms in total. The van der Waals surface area contributed by atoms with Gasteiger partial charge in [-0.05, 0) is 43.4 Å². The van der Waals surface area contributed by atoms with Gasteiger partial charge in [0.25, 0.3) is 5.91 Å². The SMILES string of the molecule is CN=C(NCCc1ccc(OCC(=O)NC2CC2)cc1)N1CCC(N2CCOCC2)C1.I. The first-order valence-electron chi connectivity index (χ1n) is 11.5. The average Bonchev–Trinajstić information content (AvgIpc) is 3.48. The minimum absolute atomic E-state index is 0. The fraction of sp³-hybridized carbons (Fsp3) is 0.652. The van der Waals surface area contributed by atoms with Crippen LogP contribution in [0.15, 0.2) is 29.3 Å². The number of aliphatic imine (C=N–C) groups is 1. The van der Waals surface area contributed by atoms with Gasteiger partial charge in [0.15, 0.2) is 12.6 Å². The third-order valence-corrected chi connectivity index (χ3v) is 6.17. The van der Waals surface area contributed by atoms with Crippen LogP contribution in [0, 0.1) is 0 Å². The highest BCUT2D eigenvalue weighted by atomic mass is 127. The smallest absolute Gasteiger partial charge is 0.258 e. The van der Waals surface area contributed by atoms with Gasteiger partial charge in [-0.3, -0.25) is 14.7 Å². The van der Waals surface area contributed by atoms with Gasteiger partial charge in [0.05, 0.1) is 13.2 Å². The average molecular weight is 557 g/mol. The zero-order valence-corrected chi connectivity index (χ0v) is 21.3. The summed E-state index contributed by atoms with van der Waals surface area (Å²) in [6.45, 7) is 6.75. The zero-order valence-electron chi connectivity index (χ0n) is 18.9. The van der Waals surface area contributed by atoms with Crippen molar-refractivity contribution >= 4 is 35.8 Å². The van der Waals surface area contributed by atoms with E-state index in [0.717, 1.165) is 76.9 Å². The van der Waals surface area contributed by atoms with E-state index >= 15 is 0 Å². The van der Waals surface area contributed by atoms with Crippen LogP contribution in [0.2, 0.25) is 0 Å². The number of nitrogens with one attached hydrogen (secondary N) is 2. The van der Waals surface area contributed by atoms with Gasteiger partial charge < -0.3 is 25.0 Å². The summed E-state index contributed by atoms with van der Waals surface area (Å²) in [5.74, 6) is 1.67. The van der Waals surface area contributed by atoms with Crippen molar-refractivity contribution in [3.63, 3.8) is 0 Å². The van der Waals surface area contributed by atoms with Crippen LogP contribution < -0.4 is 15.4 Å². The van der Waals surface area contributed by atoms with Crippen molar-refractivity contribution in [3.05, 3.63) is 29.8 Å². The Morgan fingerprint density at radius 3 is 2.59 bits per heavy atom. The molecule has 1 aromatic rings. The Morgan fingerprint density at radius 2 is 1.91 bits per heavy atom. The molecule has 0 aromatic heterocycles. The number of halogens is 1. The van der Waals surface area contributed by atoms with E-state index in [2.05, 4.69) is 37.6 Å². The molecule has 1 amide bonds. The number of ether oxygens (including phenoxy) is 2. The van der Waals surface area contributed by atoms with Crippen LogP contribution in [0.4, 0.5) is 0 Å². The molecule has 178 valence electrons. The zero-order chi connectivity index (χ0) is 21.5. The largest absolute Gasteiger partial charge is 0.484 e. The molecule has 0 spiro atoms. The van der Waals surface area contributed by atoms with Crippen molar-refractivity contribution in [3.8, 4) is 5.75 Å². The molecule has 2 N–H and O–H groups in total. The Labute approximate surface area is 208 Å². The number of nitrogens with zero attached hydrogens (tertiary/aromatic N) is 3. The fourth-order valence-corrected chi connectivity index (χ4v) is 4.22. The van der Waals surface area contributed by atoms with Crippen LogP contribution in [0.3, 0.4) is 0 Å². The molecule has 4 rings (SSSR count). The maximum absolute atomic E-state index is 11.7. The summed E-state index contributed by atoms with van der Waals surface area (Å²) in [4.78, 5) is 21.1. The Hall–Kier alpha value is -1.59. The number of carbonyl (C=O) groups excluding carboxylic acids is 1. The summed E-state index contributed by atoms with van der Waals surface area (Å²) in [5, 5.41) is 6.44. The topological polar surface area (TPSA) is 78.4 Å². The Kier molecular flexibility index (Phi) is 9.86. The standard InChI is InChI=1S/C23H35N5O3.HI/c1-24-23(28-11-9-20(16-28)27-12-14-30-15-13-27)25-10-8-18-2-6-21(7-3-18)31-17-22(29)26-19-4-5-19;/h2-3,6-7,19-20H,4-5,8-17H2,1H3,(H,24,25)(H,26,29);1H. The number of carbonyl (C=O) groups is 1. The Balaban J connectivity index is 0.00000289. The third-order valence-electron chi connectivity index (χ3n) is 6.17. The summed E-state index contributed by atoms with van der Waals surface area (Å²) in [6, 6.07) is 8.95. The van der Waals surface area contributed by atoms with Gasteiger partial charge in [-0.2, -0.15) is 0 Å². The normalized spacial score (nSPS) is 21.7. The highest BCUT2D eigenvalue weighted by Crippen LogP contribution is 2.19. The number of likely N-dealkylation sites (tertiary alicyclic amines) is 1. The lowest BCUT2D eigenvalue weighted by molar-refractivity contribution is -0.123. The number of rotatable bonds is 8. The van der Waals surface area contributed by atoms with Crippen molar-refractivity contribution in [1.29, 1.82) is 0 Å². The van der Waals surface area contributed by atoms with E-state index in [-0.39, 0.29) is 36.5 Å². The van der Waals surface area contributed by atoms with Gasteiger partial charge in [-0.25, -0.2) is 0 Å². The van der Waals surface area contributed by atoms with Crippen LogP contribution >= 0.6 is 24.0 Å². The molecule has 32 heavy (non-hydrogen) atoms. The van der Waals surface area contributed by atoms with Crippen LogP contribution in [0.5, 0.6) is 5.75 Å². The number of benzene rings is 1. The summed E-state index contributed by atoms with van der Waals surface area (Å²) in [6.07, 6.45) is 4.26. The number of morpholine rings is 1. The number of hydrogen-bond donors (Lipinski definition) is 2. The van der Waals surface area contributed by atoms with E-state index in [9.17, 15) is 4.79 Å². The lowest BCUT2D eigenvalue weighted by atomic mass is 10.1. The van der Waals surface area contributed by atoms with Crippen molar-refractivity contribution < 1.29 is 14.3 Å². The van der Waals surface area contributed by atoms with E-state index in [4.69, 9.17) is 9.47 Å². The monoisotopic (exact) mass is 557 g/mol. The van der Waals surface area contributed by atoms with Crippen molar-refractivity contribution in [1.82, 2.24) is 20.4 Å². The minimum atomic E-state index is -0.0417. The first kappa shape index (κ1) is 25.0. The number of amides is 1. The van der Waals surface area contributed by atoms with Crippen LogP contribution in [-0.4, -0.2) is 93.3 Å². The second-order valence-corrected chi connectivity index (χ2v) is 8.54. The van der Waals surface area contributed by atoms with Gasteiger partial charge in [-0.1, -0.05) is 12.1 Å². The molecule has 1 aliphatic carbocycles. The van der Waals surface area contributed by atoms with E-state index < -0.39 is 0 Å². The van der Waals surface area contributed by atoms with Gasteiger partial charge in [-0.15, -0.1) is 24.0 Å². The van der Waals surface area contributed by atoms with Crippen molar-refractivity contribution in [2.45, 2.75) is 37.8 Å². The maximum Gasteiger partial charge on any atom is 0.258 e. The van der Waals surface area contributed by atoms with Crippen LogP contribution in [-0.2, 0) is 16.0 Å². The van der Waals surface area contributed by atoms with Gasteiger partial charge in [0.2, 0.25) is 0 Å². The first-order chi connectivity index (χ1) is 15.2. The molecule has 1 unspecified atom stereocenters. The first-order valence-corrected chi connectivity index (χ1v) is 11.5. The van der Waals surface area contributed by atoms with E-state index in [1.165, 1.54) is 12.0 Å². The van der Waals surface area contributed by atoms with Crippen LogP contribution in [0.1, 0.15) is 24.8 Å². The van der Waals surface area contributed by atoms with E-state index in [1.807, 2.05) is 19.2 Å². The van der Waals surface area contributed by atoms with Crippen molar-refractivity contribution in [2.24, 2.45) is 4.99 Å². The molecule has 2 saturated heterocycles. The fourth-order valence-electron chi connectivity index (χ4n) is 4.22. The molecular weight excluding hydrogens is 521 g/mol. The van der Waals surface area contributed by atoms with Gasteiger partial charge >= 0.3 is 0 Å². The molecule has 3 aliphatic rings. The lowest BCUT2D eigenvalue weighted by Crippen LogP contribution is -2.46. The second-order valence-electron chi connectivity index (χ2n) is 8.54. The second kappa shape index (κ2) is 12.6.